The first-order chi connectivity index (χ1) is 1.41. The van der Waals surface area contributed by atoms with Crippen LogP contribution in [0, 0.1) is 0 Å². The summed E-state index contributed by atoms with van der Waals surface area (Å²) in [7, 11) is 0. The van der Waals surface area contributed by atoms with Crippen molar-refractivity contribution in [2.75, 3.05) is 0 Å². The van der Waals surface area contributed by atoms with Crippen molar-refractivity contribution < 1.29 is 30.7 Å². The van der Waals surface area contributed by atoms with Crippen LogP contribution < -0.4 is 0 Å². The molecule has 0 spiro atoms. The van der Waals surface area contributed by atoms with Crippen LogP contribution >= 0.6 is 0 Å². The van der Waals surface area contributed by atoms with Crippen molar-refractivity contribution in [3.8, 4) is 0 Å². The van der Waals surface area contributed by atoms with Gasteiger partial charge in [-0.3, -0.25) is 0 Å². The molecule has 0 nitrogen and oxygen atoms in total. The molecule has 0 bridgehead atoms. The van der Waals surface area contributed by atoms with Gasteiger partial charge in [0.25, 0.3) is 0 Å². The van der Waals surface area contributed by atoms with Gasteiger partial charge in [-0.1, -0.05) is 0 Å². The third-order valence-electron chi connectivity index (χ3n) is 0. The van der Waals surface area contributed by atoms with E-state index >= 15 is 0 Å². The first-order valence-corrected chi connectivity index (χ1v) is 6.18. The van der Waals surface area contributed by atoms with E-state index in [1.54, 1.807) is 0 Å². The Morgan fingerprint density at radius 2 is 1.25 bits per heavy atom. The predicted octanol–water partition coefficient (Wildman–Crippen LogP) is -1.84. The van der Waals surface area contributed by atoms with E-state index in [-0.39, 0.29) is 44.5 Å². The third kappa shape index (κ3) is 8.82. The molecule has 0 saturated heterocycles. The van der Waals surface area contributed by atoms with Crippen LogP contribution in [0.5, 0.6) is 0 Å². The van der Waals surface area contributed by atoms with Crippen molar-refractivity contribution in [1.82, 2.24) is 0 Å². The normalized spacial score (nSPS) is 4.50. The molecule has 0 aromatic carbocycles. The Kier molecular flexibility index (Phi) is 22.1. The zero-order valence-electron chi connectivity index (χ0n) is 1.41. The molecule has 26 valence electrons. The van der Waals surface area contributed by atoms with Crippen molar-refractivity contribution in [1.29, 1.82) is 0 Å². The van der Waals surface area contributed by atoms with Crippen molar-refractivity contribution in [3.05, 3.63) is 0 Å². The summed E-state index contributed by atoms with van der Waals surface area (Å²) in [5.41, 5.74) is 0. The van der Waals surface area contributed by atoms with Gasteiger partial charge in [0.05, 0.1) is 0 Å². The molecule has 0 N–H and O–H groups in total. The van der Waals surface area contributed by atoms with Crippen molar-refractivity contribution in [3.63, 3.8) is 0 Å². The van der Waals surface area contributed by atoms with Crippen molar-refractivity contribution >= 4 is 44.5 Å². The van der Waals surface area contributed by atoms with Crippen LogP contribution in [0.25, 0.3) is 0 Å². The minimum absolute atomic E-state index is 0. The molecular weight excluding hydrogens is 180 g/mol. The molecule has 0 radical (unpaired) electrons. The topological polar surface area (TPSA) is 0 Å². The van der Waals surface area contributed by atoms with Gasteiger partial charge in [0, 0.05) is 0 Å². The summed E-state index contributed by atoms with van der Waals surface area (Å²) in [5, 5.41) is 0. The average molecular weight is 184 g/mol. The summed E-state index contributed by atoms with van der Waals surface area (Å²) in [5.74, 6) is 0. The fourth-order valence-corrected chi connectivity index (χ4v) is 0. The molecule has 0 rings (SSSR count). The van der Waals surface area contributed by atoms with Crippen molar-refractivity contribution in [2.45, 2.75) is 0 Å². The molecule has 0 unspecified atom stereocenters. The molecule has 0 aliphatic carbocycles. The van der Waals surface area contributed by atoms with Crippen LogP contribution in [0.1, 0.15) is 0 Å². The molecule has 4 heteroatoms. The summed E-state index contributed by atoms with van der Waals surface area (Å²) >= 11 is 7.03. The monoisotopic (exact) mass is 184 g/mol. The Bertz CT molecular complexity index is 6.00. The van der Waals surface area contributed by atoms with Crippen LogP contribution in [-0.2, 0) is 30.7 Å². The van der Waals surface area contributed by atoms with Crippen LogP contribution in [-0.4, -0.2) is 44.5 Å². The Morgan fingerprint density at radius 1 is 1.25 bits per heavy atom. The number of rotatable bonds is 0. The van der Waals surface area contributed by atoms with Crippen molar-refractivity contribution in [2.24, 2.45) is 0 Å². The van der Waals surface area contributed by atoms with Gasteiger partial charge in [0.2, 0.25) is 0 Å². The maximum absolute atomic E-state index is 3.51. The second-order valence-electron chi connectivity index (χ2n) is 0.0884. The van der Waals surface area contributed by atoms with E-state index in [2.05, 4.69) is 30.7 Å². The van der Waals surface area contributed by atoms with Gasteiger partial charge < -0.3 is 0 Å². The standard InChI is InChI=1S/Ca.2Fe.H2Si.2H/h;;;1H2;;. The quantitative estimate of drug-likeness (QED) is 0.388. The van der Waals surface area contributed by atoms with Crippen LogP contribution in [0.3, 0.4) is 0 Å². The molecule has 0 heterocycles. The van der Waals surface area contributed by atoms with E-state index in [4.69, 9.17) is 0 Å². The summed E-state index contributed by atoms with van der Waals surface area (Å²) < 4.78 is 0. The van der Waals surface area contributed by atoms with Gasteiger partial charge in [-0.25, -0.2) is 0 Å². The first-order valence-electron chi connectivity index (χ1n) is 0.500. The van der Waals surface area contributed by atoms with E-state index in [1.807, 2.05) is 0 Å². The Morgan fingerprint density at radius 3 is 1.25 bits per heavy atom. The molecule has 0 aromatic rings. The second-order valence-corrected chi connectivity index (χ2v) is 4.51. The van der Waals surface area contributed by atoms with Crippen LogP contribution in [0.4, 0.5) is 0 Å². The van der Waals surface area contributed by atoms with Crippen LogP contribution in [0.15, 0.2) is 0 Å². The molecule has 0 aliphatic heterocycles. The maximum atomic E-state index is 3.51. The fourth-order valence-electron chi connectivity index (χ4n) is 0. The molecule has 0 aromatic heterocycles. The molecule has 0 aliphatic rings. The number of hydrogen-bond donors (Lipinski definition) is 0. The summed E-state index contributed by atoms with van der Waals surface area (Å²) in [6.45, 7) is -0.0833. The van der Waals surface area contributed by atoms with E-state index < -0.39 is 0 Å². The van der Waals surface area contributed by atoms with Gasteiger partial charge in [-0.15, -0.1) is 0 Å². The van der Waals surface area contributed by atoms with Gasteiger partial charge >= 0.3 is 75.2 Å². The first kappa shape index (κ1) is 9.72. The summed E-state index contributed by atoms with van der Waals surface area (Å²) in [4.78, 5) is 0. The zero-order valence-corrected chi connectivity index (χ0v) is 5.04. The van der Waals surface area contributed by atoms with E-state index in [0.717, 1.165) is 0 Å². The second kappa shape index (κ2) is 9.10. The predicted molar refractivity (Wildman–Crippen MR) is 17.1 cm³/mol. The van der Waals surface area contributed by atoms with E-state index in [1.165, 1.54) is 0 Å². The Balaban J connectivity index is 0. The fraction of sp³-hybridized carbons (Fsp3) is 0. The van der Waals surface area contributed by atoms with Crippen LogP contribution in [0.2, 0.25) is 0 Å². The average Bonchev–Trinajstić information content (AvgIpc) is 0.918. The molecule has 0 saturated carbocycles. The Labute approximate surface area is 73.8 Å². The minimum atomic E-state index is -0.0833. The van der Waals surface area contributed by atoms with Gasteiger partial charge in [-0.2, -0.15) is 0 Å². The van der Waals surface area contributed by atoms with E-state index in [0.29, 0.717) is 0 Å². The number of hydrogen-bond acceptors (Lipinski definition) is 0. The van der Waals surface area contributed by atoms with Gasteiger partial charge in [0.1, 0.15) is 0 Å². The molecule has 0 amide bonds. The SMILES string of the molecule is [CaH2].[Fe][SiH2][Fe]. The molecular formula is H4CaFe2Si. The molecule has 0 fully saturated rings. The Hall–Kier alpha value is 2.52. The van der Waals surface area contributed by atoms with Gasteiger partial charge in [-0.05, 0) is 0 Å². The zero-order chi connectivity index (χ0) is 2.71. The summed E-state index contributed by atoms with van der Waals surface area (Å²) in [6.07, 6.45) is 0. The summed E-state index contributed by atoms with van der Waals surface area (Å²) in [6, 6.07) is 0. The van der Waals surface area contributed by atoms with E-state index in [9.17, 15) is 0 Å². The third-order valence-corrected chi connectivity index (χ3v) is 0. The molecule has 0 atom stereocenters. The van der Waals surface area contributed by atoms with Gasteiger partial charge in [0.15, 0.2) is 0 Å². The molecule has 4 heavy (non-hydrogen) atoms.